The number of amides is 1. The van der Waals surface area contributed by atoms with E-state index in [0.717, 1.165) is 11.1 Å². The Labute approximate surface area is 117 Å². The summed E-state index contributed by atoms with van der Waals surface area (Å²) in [6, 6.07) is 11.8. The average molecular weight is 271 g/mol. The molecule has 1 amide bonds. The SMILES string of the molecule is Cc1ccc(O)c(C(=O)Nc2cccc(C(C)O)c2)c1. The molecule has 0 aliphatic carbocycles. The molecule has 0 spiro atoms. The lowest BCUT2D eigenvalue weighted by Gasteiger charge is -2.10. The summed E-state index contributed by atoms with van der Waals surface area (Å²) in [6.07, 6.45) is -0.598. The Bertz CT molecular complexity index is 635. The Morgan fingerprint density at radius 2 is 1.95 bits per heavy atom. The van der Waals surface area contributed by atoms with Crippen LogP contribution >= 0.6 is 0 Å². The summed E-state index contributed by atoms with van der Waals surface area (Å²) in [5.41, 5.74) is 2.42. The molecule has 0 saturated carbocycles. The standard InChI is InChI=1S/C16H17NO3/c1-10-6-7-15(19)14(8-10)16(20)17-13-5-3-4-12(9-13)11(2)18/h3-9,11,18-19H,1-2H3,(H,17,20). The lowest BCUT2D eigenvalue weighted by molar-refractivity contribution is 0.102. The summed E-state index contributed by atoms with van der Waals surface area (Å²) >= 11 is 0. The molecule has 0 fully saturated rings. The van der Waals surface area contributed by atoms with Crippen LogP contribution in [0.15, 0.2) is 42.5 Å². The molecule has 2 aromatic rings. The number of phenolic OH excluding ortho intramolecular Hbond substituents is 1. The Morgan fingerprint density at radius 3 is 2.65 bits per heavy atom. The van der Waals surface area contributed by atoms with Crippen LogP contribution in [0.2, 0.25) is 0 Å². The zero-order valence-corrected chi connectivity index (χ0v) is 11.4. The number of anilines is 1. The van der Waals surface area contributed by atoms with E-state index in [1.54, 1.807) is 43.3 Å². The highest BCUT2D eigenvalue weighted by molar-refractivity contribution is 6.06. The van der Waals surface area contributed by atoms with Gasteiger partial charge in [-0.25, -0.2) is 0 Å². The molecule has 1 unspecified atom stereocenters. The highest BCUT2D eigenvalue weighted by Gasteiger charge is 2.12. The molecular weight excluding hydrogens is 254 g/mol. The minimum Gasteiger partial charge on any atom is -0.507 e. The van der Waals surface area contributed by atoms with Crippen molar-refractivity contribution >= 4 is 11.6 Å². The van der Waals surface area contributed by atoms with Crippen molar-refractivity contribution in [1.29, 1.82) is 0 Å². The van der Waals surface area contributed by atoms with Gasteiger partial charge in [-0.05, 0) is 43.7 Å². The molecular formula is C16H17NO3. The van der Waals surface area contributed by atoms with Crippen molar-refractivity contribution in [3.05, 3.63) is 59.2 Å². The quantitative estimate of drug-likeness (QED) is 0.803. The number of aromatic hydroxyl groups is 1. The number of aryl methyl sites for hydroxylation is 1. The molecule has 0 heterocycles. The highest BCUT2D eigenvalue weighted by atomic mass is 16.3. The van der Waals surface area contributed by atoms with Gasteiger partial charge in [-0.1, -0.05) is 23.8 Å². The summed E-state index contributed by atoms with van der Waals surface area (Å²) in [6.45, 7) is 3.51. The Morgan fingerprint density at radius 1 is 1.20 bits per heavy atom. The maximum atomic E-state index is 12.1. The van der Waals surface area contributed by atoms with Crippen LogP contribution in [0.4, 0.5) is 5.69 Å². The first-order valence-electron chi connectivity index (χ1n) is 6.36. The van der Waals surface area contributed by atoms with Crippen LogP contribution in [0.3, 0.4) is 0 Å². The molecule has 0 aromatic heterocycles. The van der Waals surface area contributed by atoms with Gasteiger partial charge < -0.3 is 15.5 Å². The first-order chi connectivity index (χ1) is 9.47. The Balaban J connectivity index is 2.23. The normalized spacial score (nSPS) is 11.9. The number of hydrogen-bond acceptors (Lipinski definition) is 3. The maximum absolute atomic E-state index is 12.1. The van der Waals surface area contributed by atoms with Crippen LogP contribution < -0.4 is 5.32 Å². The number of carbonyl (C=O) groups is 1. The van der Waals surface area contributed by atoms with E-state index in [4.69, 9.17) is 0 Å². The summed E-state index contributed by atoms with van der Waals surface area (Å²) < 4.78 is 0. The second-order valence-corrected chi connectivity index (χ2v) is 4.78. The second kappa shape index (κ2) is 5.75. The fourth-order valence-corrected chi connectivity index (χ4v) is 1.91. The fourth-order valence-electron chi connectivity index (χ4n) is 1.91. The van der Waals surface area contributed by atoms with E-state index in [2.05, 4.69) is 5.32 Å². The third-order valence-electron chi connectivity index (χ3n) is 3.02. The fraction of sp³-hybridized carbons (Fsp3) is 0.188. The number of carbonyl (C=O) groups excluding carboxylic acids is 1. The third kappa shape index (κ3) is 3.16. The van der Waals surface area contributed by atoms with Crippen LogP contribution in [0.5, 0.6) is 5.75 Å². The van der Waals surface area contributed by atoms with E-state index < -0.39 is 6.10 Å². The molecule has 0 bridgehead atoms. The zero-order chi connectivity index (χ0) is 14.7. The number of aliphatic hydroxyl groups excluding tert-OH is 1. The van der Waals surface area contributed by atoms with Crippen LogP contribution in [0.1, 0.15) is 34.5 Å². The predicted octanol–water partition coefficient (Wildman–Crippen LogP) is 3.01. The summed E-state index contributed by atoms with van der Waals surface area (Å²) in [5.74, 6) is -0.436. The maximum Gasteiger partial charge on any atom is 0.259 e. The number of rotatable bonds is 3. The topological polar surface area (TPSA) is 69.6 Å². The molecule has 0 saturated heterocycles. The Hall–Kier alpha value is -2.33. The lowest BCUT2D eigenvalue weighted by atomic mass is 10.1. The number of hydrogen-bond donors (Lipinski definition) is 3. The largest absolute Gasteiger partial charge is 0.507 e. The molecule has 104 valence electrons. The molecule has 1 atom stereocenters. The van der Waals surface area contributed by atoms with Gasteiger partial charge in [0.15, 0.2) is 0 Å². The molecule has 2 aromatic carbocycles. The van der Waals surface area contributed by atoms with Gasteiger partial charge >= 0.3 is 0 Å². The van der Waals surface area contributed by atoms with Gasteiger partial charge in [0, 0.05) is 5.69 Å². The van der Waals surface area contributed by atoms with Gasteiger partial charge in [0.1, 0.15) is 5.75 Å². The van der Waals surface area contributed by atoms with Crippen LogP contribution in [0, 0.1) is 6.92 Å². The molecule has 4 nitrogen and oxygen atoms in total. The van der Waals surface area contributed by atoms with Crippen molar-refractivity contribution in [2.75, 3.05) is 5.32 Å². The second-order valence-electron chi connectivity index (χ2n) is 4.78. The summed E-state index contributed by atoms with van der Waals surface area (Å²) in [4.78, 5) is 12.1. The molecule has 0 aliphatic heterocycles. The summed E-state index contributed by atoms with van der Waals surface area (Å²) in [5, 5.41) is 22.0. The van der Waals surface area contributed by atoms with Crippen molar-refractivity contribution in [3.63, 3.8) is 0 Å². The molecule has 4 heteroatoms. The number of benzene rings is 2. The molecule has 2 rings (SSSR count). The lowest BCUT2D eigenvalue weighted by Crippen LogP contribution is -2.12. The summed E-state index contributed by atoms with van der Waals surface area (Å²) in [7, 11) is 0. The van der Waals surface area contributed by atoms with Gasteiger partial charge in [-0.3, -0.25) is 4.79 Å². The Kier molecular flexibility index (Phi) is 4.05. The number of aliphatic hydroxyl groups is 1. The van der Waals surface area contributed by atoms with Crippen LogP contribution in [-0.4, -0.2) is 16.1 Å². The minimum atomic E-state index is -0.598. The minimum absolute atomic E-state index is 0.0558. The van der Waals surface area contributed by atoms with E-state index in [1.165, 1.54) is 6.07 Å². The third-order valence-corrected chi connectivity index (χ3v) is 3.02. The highest BCUT2D eigenvalue weighted by Crippen LogP contribution is 2.21. The number of phenols is 1. The molecule has 20 heavy (non-hydrogen) atoms. The first-order valence-corrected chi connectivity index (χ1v) is 6.36. The molecule has 3 N–H and O–H groups in total. The molecule has 0 aliphatic rings. The zero-order valence-electron chi connectivity index (χ0n) is 11.4. The first kappa shape index (κ1) is 14.1. The van der Waals surface area contributed by atoms with Crippen molar-refractivity contribution in [3.8, 4) is 5.75 Å². The van der Waals surface area contributed by atoms with E-state index in [-0.39, 0.29) is 17.2 Å². The van der Waals surface area contributed by atoms with Crippen molar-refractivity contribution < 1.29 is 15.0 Å². The van der Waals surface area contributed by atoms with Crippen molar-refractivity contribution in [2.45, 2.75) is 20.0 Å². The van der Waals surface area contributed by atoms with E-state index in [0.29, 0.717) is 5.69 Å². The average Bonchev–Trinajstić information content (AvgIpc) is 2.41. The van der Waals surface area contributed by atoms with Crippen LogP contribution in [0.25, 0.3) is 0 Å². The monoisotopic (exact) mass is 271 g/mol. The van der Waals surface area contributed by atoms with Gasteiger partial charge in [-0.15, -0.1) is 0 Å². The predicted molar refractivity (Wildman–Crippen MR) is 77.9 cm³/mol. The van der Waals surface area contributed by atoms with Crippen molar-refractivity contribution in [1.82, 2.24) is 0 Å². The van der Waals surface area contributed by atoms with E-state index >= 15 is 0 Å². The van der Waals surface area contributed by atoms with Crippen LogP contribution in [-0.2, 0) is 0 Å². The van der Waals surface area contributed by atoms with Gasteiger partial charge in [0.25, 0.3) is 5.91 Å². The van der Waals surface area contributed by atoms with Gasteiger partial charge in [-0.2, -0.15) is 0 Å². The van der Waals surface area contributed by atoms with Gasteiger partial charge in [0.2, 0.25) is 0 Å². The molecule has 0 radical (unpaired) electrons. The smallest absolute Gasteiger partial charge is 0.259 e. The van der Waals surface area contributed by atoms with E-state index in [1.807, 2.05) is 6.92 Å². The van der Waals surface area contributed by atoms with Crippen molar-refractivity contribution in [2.24, 2.45) is 0 Å². The number of nitrogens with one attached hydrogen (secondary N) is 1. The van der Waals surface area contributed by atoms with Gasteiger partial charge in [0.05, 0.1) is 11.7 Å². The van der Waals surface area contributed by atoms with E-state index in [9.17, 15) is 15.0 Å².